The molecule has 0 aromatic carbocycles. The third-order valence-electron chi connectivity index (χ3n) is 2.99. The van der Waals surface area contributed by atoms with Crippen molar-refractivity contribution in [1.29, 1.82) is 0 Å². The fourth-order valence-corrected chi connectivity index (χ4v) is 4.19. The highest BCUT2D eigenvalue weighted by atomic mass is 79.9. The number of halogens is 2. The van der Waals surface area contributed by atoms with E-state index >= 15 is 0 Å². The Kier molecular flexibility index (Phi) is 4.09. The van der Waals surface area contributed by atoms with Crippen LogP contribution in [-0.4, -0.2) is 4.83 Å². The molecule has 3 heteroatoms. The Balaban J connectivity index is 1.99. The van der Waals surface area contributed by atoms with E-state index in [2.05, 4.69) is 43.3 Å². The molecular weight excluding hydrogens is 324 g/mol. The van der Waals surface area contributed by atoms with Crippen molar-refractivity contribution in [1.82, 2.24) is 0 Å². The maximum absolute atomic E-state index is 3.81. The molecule has 1 heterocycles. The van der Waals surface area contributed by atoms with Gasteiger partial charge in [0.05, 0.1) is 3.79 Å². The second kappa shape index (κ2) is 5.13. The molecule has 0 radical (unpaired) electrons. The zero-order chi connectivity index (χ0) is 9.97. The summed E-state index contributed by atoms with van der Waals surface area (Å²) < 4.78 is 1.32. The van der Waals surface area contributed by atoms with Crippen LogP contribution in [-0.2, 0) is 6.42 Å². The summed E-state index contributed by atoms with van der Waals surface area (Å²) in [6.45, 7) is 0. The molecule has 14 heavy (non-hydrogen) atoms. The van der Waals surface area contributed by atoms with Gasteiger partial charge in [-0.1, -0.05) is 28.8 Å². The van der Waals surface area contributed by atoms with Crippen molar-refractivity contribution in [2.75, 3.05) is 0 Å². The molecule has 0 amide bonds. The van der Waals surface area contributed by atoms with E-state index in [9.17, 15) is 0 Å². The summed E-state index contributed by atoms with van der Waals surface area (Å²) in [5.74, 6) is 0.842. The largest absolute Gasteiger partial charge is 0.137 e. The summed E-state index contributed by atoms with van der Waals surface area (Å²) in [5, 5.41) is 2.17. The van der Waals surface area contributed by atoms with Gasteiger partial charge in [0.1, 0.15) is 0 Å². The lowest BCUT2D eigenvalue weighted by molar-refractivity contribution is 0.373. The van der Waals surface area contributed by atoms with Crippen molar-refractivity contribution in [3.05, 3.63) is 20.8 Å². The number of hydrogen-bond acceptors (Lipinski definition) is 1. The fraction of sp³-hybridized carbons (Fsp3) is 0.636. The molecule has 1 fully saturated rings. The van der Waals surface area contributed by atoms with Crippen LogP contribution in [0.15, 0.2) is 15.2 Å². The van der Waals surface area contributed by atoms with Crippen molar-refractivity contribution >= 4 is 43.2 Å². The normalized spacial score (nSPS) is 27.9. The van der Waals surface area contributed by atoms with Gasteiger partial charge in [0.2, 0.25) is 0 Å². The molecule has 2 rings (SSSR count). The molecule has 0 saturated heterocycles. The highest BCUT2D eigenvalue weighted by Gasteiger charge is 2.23. The van der Waals surface area contributed by atoms with Crippen molar-refractivity contribution in [3.8, 4) is 0 Å². The van der Waals surface area contributed by atoms with Crippen molar-refractivity contribution in [2.24, 2.45) is 5.92 Å². The molecular formula is C11H14Br2S. The minimum Gasteiger partial charge on any atom is -0.137 e. The van der Waals surface area contributed by atoms with Gasteiger partial charge in [0.25, 0.3) is 0 Å². The van der Waals surface area contributed by atoms with E-state index in [1.54, 1.807) is 11.3 Å². The van der Waals surface area contributed by atoms with Gasteiger partial charge in [-0.05, 0) is 58.1 Å². The molecule has 0 spiro atoms. The van der Waals surface area contributed by atoms with E-state index in [0.717, 1.165) is 10.7 Å². The summed E-state index contributed by atoms with van der Waals surface area (Å²) in [6, 6.07) is 2.25. The standard InChI is InChI=1S/C11H14Br2S/c12-10-4-2-1-3-8(10)7-9-5-6-14-11(9)13/h5-6,8,10H,1-4,7H2. The second-order valence-corrected chi connectivity index (χ2v) is 7.39. The lowest BCUT2D eigenvalue weighted by atomic mass is 9.85. The van der Waals surface area contributed by atoms with Crippen LogP contribution >= 0.6 is 43.2 Å². The first-order valence-corrected chi connectivity index (χ1v) is 7.72. The van der Waals surface area contributed by atoms with E-state index in [1.807, 2.05) is 0 Å². The molecule has 1 aromatic heterocycles. The molecule has 0 aliphatic heterocycles. The molecule has 0 N–H and O–H groups in total. The average Bonchev–Trinajstić information content (AvgIpc) is 2.56. The first kappa shape index (κ1) is 11.2. The zero-order valence-corrected chi connectivity index (χ0v) is 12.0. The van der Waals surface area contributed by atoms with E-state index < -0.39 is 0 Å². The number of rotatable bonds is 2. The molecule has 0 bridgehead atoms. The van der Waals surface area contributed by atoms with E-state index in [0.29, 0.717) is 0 Å². The highest BCUT2D eigenvalue weighted by Crippen LogP contribution is 2.35. The zero-order valence-electron chi connectivity index (χ0n) is 8.01. The second-order valence-electron chi connectivity index (χ2n) is 3.98. The summed E-state index contributed by atoms with van der Waals surface area (Å²) in [5.41, 5.74) is 1.49. The molecule has 78 valence electrons. The molecule has 2 unspecified atom stereocenters. The lowest BCUT2D eigenvalue weighted by Gasteiger charge is -2.27. The molecule has 1 saturated carbocycles. The van der Waals surface area contributed by atoms with Gasteiger partial charge in [-0.2, -0.15) is 0 Å². The fourth-order valence-electron chi connectivity index (χ4n) is 2.14. The Morgan fingerprint density at radius 3 is 2.79 bits per heavy atom. The summed E-state index contributed by atoms with van der Waals surface area (Å²) >= 11 is 9.22. The van der Waals surface area contributed by atoms with Crippen LogP contribution in [0.4, 0.5) is 0 Å². The van der Waals surface area contributed by atoms with Crippen molar-refractivity contribution in [3.63, 3.8) is 0 Å². The highest BCUT2D eigenvalue weighted by molar-refractivity contribution is 9.11. The Bertz CT molecular complexity index is 295. The van der Waals surface area contributed by atoms with E-state index in [-0.39, 0.29) is 0 Å². The van der Waals surface area contributed by atoms with Crippen LogP contribution < -0.4 is 0 Å². The summed E-state index contributed by atoms with van der Waals surface area (Å²) in [6.07, 6.45) is 6.79. The first-order valence-electron chi connectivity index (χ1n) is 5.13. The quantitative estimate of drug-likeness (QED) is 0.665. The maximum atomic E-state index is 3.81. The SMILES string of the molecule is Brc1sccc1CC1CCCCC1Br. The van der Waals surface area contributed by atoms with Gasteiger partial charge in [0.15, 0.2) is 0 Å². The summed E-state index contributed by atoms with van der Waals surface area (Å²) in [7, 11) is 0. The maximum Gasteiger partial charge on any atom is 0.0730 e. The van der Waals surface area contributed by atoms with Crippen LogP contribution in [0.5, 0.6) is 0 Å². The predicted octanol–water partition coefficient (Wildman–Crippen LogP) is 5.01. The third kappa shape index (κ3) is 2.61. The van der Waals surface area contributed by atoms with Crippen LogP contribution in [0.1, 0.15) is 31.2 Å². The Labute approximate surface area is 106 Å². The molecule has 0 nitrogen and oxygen atoms in total. The van der Waals surface area contributed by atoms with Crippen molar-refractivity contribution < 1.29 is 0 Å². The monoisotopic (exact) mass is 336 g/mol. The van der Waals surface area contributed by atoms with Gasteiger partial charge in [0, 0.05) is 4.83 Å². The van der Waals surface area contributed by atoms with Crippen molar-refractivity contribution in [2.45, 2.75) is 36.9 Å². The molecule has 1 aliphatic carbocycles. The van der Waals surface area contributed by atoms with Gasteiger partial charge < -0.3 is 0 Å². The van der Waals surface area contributed by atoms with Crippen LogP contribution in [0.2, 0.25) is 0 Å². The van der Waals surface area contributed by atoms with Crippen LogP contribution in [0, 0.1) is 5.92 Å². The van der Waals surface area contributed by atoms with Crippen LogP contribution in [0.25, 0.3) is 0 Å². The van der Waals surface area contributed by atoms with Gasteiger partial charge in [-0.25, -0.2) is 0 Å². The minimum absolute atomic E-state index is 0.739. The smallest absolute Gasteiger partial charge is 0.0730 e. The first-order chi connectivity index (χ1) is 6.77. The lowest BCUT2D eigenvalue weighted by Crippen LogP contribution is -2.21. The number of alkyl halides is 1. The van der Waals surface area contributed by atoms with Gasteiger partial charge in [-0.3, -0.25) is 0 Å². The number of hydrogen-bond donors (Lipinski definition) is 0. The minimum atomic E-state index is 0.739. The Hall–Kier alpha value is 0.660. The van der Waals surface area contributed by atoms with E-state index in [4.69, 9.17) is 0 Å². The topological polar surface area (TPSA) is 0 Å². The average molecular weight is 338 g/mol. The Morgan fingerprint density at radius 1 is 1.36 bits per heavy atom. The van der Waals surface area contributed by atoms with Crippen LogP contribution in [0.3, 0.4) is 0 Å². The predicted molar refractivity (Wildman–Crippen MR) is 70.4 cm³/mol. The molecule has 1 aromatic rings. The third-order valence-corrected chi connectivity index (χ3v) is 6.01. The molecule has 1 aliphatic rings. The summed E-state index contributed by atoms with van der Waals surface area (Å²) in [4.78, 5) is 0.739. The Morgan fingerprint density at radius 2 is 2.14 bits per heavy atom. The van der Waals surface area contributed by atoms with E-state index in [1.165, 1.54) is 41.5 Å². The molecule has 2 atom stereocenters. The van der Waals surface area contributed by atoms with Gasteiger partial charge in [-0.15, -0.1) is 11.3 Å². The number of thiophene rings is 1. The van der Waals surface area contributed by atoms with Gasteiger partial charge >= 0.3 is 0 Å².